The summed E-state index contributed by atoms with van der Waals surface area (Å²) in [6, 6.07) is 4.29. The fraction of sp³-hybridized carbons (Fsp3) is 0.538. The fourth-order valence-electron chi connectivity index (χ4n) is 1.44. The van der Waals surface area contributed by atoms with Crippen LogP contribution in [0, 0.1) is 0 Å². The molecule has 1 aromatic heterocycles. The van der Waals surface area contributed by atoms with Crippen LogP contribution in [0.4, 0.5) is 0 Å². The molecule has 0 radical (unpaired) electrons. The van der Waals surface area contributed by atoms with Crippen LogP contribution < -0.4 is 10.6 Å². The summed E-state index contributed by atoms with van der Waals surface area (Å²) >= 11 is 0. The first kappa shape index (κ1) is 13.6. The summed E-state index contributed by atoms with van der Waals surface area (Å²) < 4.78 is 0. The molecule has 0 aliphatic heterocycles. The van der Waals surface area contributed by atoms with Gasteiger partial charge in [-0.3, -0.25) is 9.78 Å². The van der Waals surface area contributed by atoms with Crippen LogP contribution in [0.25, 0.3) is 0 Å². The van der Waals surface area contributed by atoms with E-state index in [2.05, 4.69) is 22.5 Å². The van der Waals surface area contributed by atoms with Crippen molar-refractivity contribution in [3.63, 3.8) is 0 Å². The maximum absolute atomic E-state index is 11.6. The smallest absolute Gasteiger partial charge is 0.234 e. The van der Waals surface area contributed by atoms with Crippen LogP contribution in [-0.2, 0) is 4.79 Å². The van der Waals surface area contributed by atoms with Gasteiger partial charge in [-0.2, -0.15) is 0 Å². The van der Waals surface area contributed by atoms with Crippen molar-refractivity contribution in [3.05, 3.63) is 30.1 Å². The summed E-state index contributed by atoms with van der Waals surface area (Å²) in [6.07, 6.45) is 4.46. The van der Waals surface area contributed by atoms with Gasteiger partial charge in [-0.05, 0) is 38.0 Å². The topological polar surface area (TPSA) is 54.0 Å². The Morgan fingerprint density at radius 2 is 2.00 bits per heavy atom. The van der Waals surface area contributed by atoms with Crippen molar-refractivity contribution in [2.24, 2.45) is 0 Å². The highest BCUT2D eigenvalue weighted by atomic mass is 16.1. The number of pyridine rings is 1. The van der Waals surface area contributed by atoms with E-state index in [1.54, 1.807) is 12.4 Å². The minimum atomic E-state index is 0.0419. The van der Waals surface area contributed by atoms with Gasteiger partial charge in [0.15, 0.2) is 0 Å². The zero-order valence-corrected chi connectivity index (χ0v) is 10.7. The summed E-state index contributed by atoms with van der Waals surface area (Å²) in [5, 5.41) is 6.11. The normalized spacial score (nSPS) is 14.1. The molecule has 1 unspecified atom stereocenters. The Balaban J connectivity index is 2.33. The van der Waals surface area contributed by atoms with Gasteiger partial charge in [-0.15, -0.1) is 0 Å². The van der Waals surface area contributed by atoms with Gasteiger partial charge >= 0.3 is 0 Å². The fourth-order valence-corrected chi connectivity index (χ4v) is 1.44. The molecule has 1 amide bonds. The molecule has 0 saturated heterocycles. The van der Waals surface area contributed by atoms with Crippen molar-refractivity contribution in [3.8, 4) is 0 Å². The predicted octanol–water partition coefficient (Wildman–Crippen LogP) is 1.65. The molecule has 4 heteroatoms. The number of amides is 1. The molecule has 4 nitrogen and oxygen atoms in total. The van der Waals surface area contributed by atoms with E-state index < -0.39 is 0 Å². The van der Waals surface area contributed by atoms with Crippen LogP contribution >= 0.6 is 0 Å². The molecule has 0 fully saturated rings. The maximum atomic E-state index is 11.6. The monoisotopic (exact) mass is 235 g/mol. The van der Waals surface area contributed by atoms with E-state index in [-0.39, 0.29) is 18.0 Å². The van der Waals surface area contributed by atoms with E-state index in [0.29, 0.717) is 6.54 Å². The summed E-state index contributed by atoms with van der Waals surface area (Å²) in [5.74, 6) is 0.0419. The van der Waals surface area contributed by atoms with Crippen molar-refractivity contribution >= 4 is 5.91 Å². The third-order valence-corrected chi connectivity index (χ3v) is 2.79. The number of hydrogen-bond acceptors (Lipinski definition) is 3. The molecule has 1 heterocycles. The van der Waals surface area contributed by atoms with Crippen LogP contribution in [0.1, 0.15) is 38.8 Å². The largest absolute Gasteiger partial charge is 0.353 e. The lowest BCUT2D eigenvalue weighted by molar-refractivity contribution is -0.120. The molecule has 0 aromatic carbocycles. The summed E-state index contributed by atoms with van der Waals surface area (Å²) in [4.78, 5) is 15.5. The van der Waals surface area contributed by atoms with E-state index in [9.17, 15) is 4.79 Å². The van der Waals surface area contributed by atoms with Gasteiger partial charge in [0, 0.05) is 24.5 Å². The van der Waals surface area contributed by atoms with Crippen LogP contribution in [0.5, 0.6) is 0 Å². The average Bonchev–Trinajstić information content (AvgIpc) is 2.36. The zero-order valence-electron chi connectivity index (χ0n) is 10.7. The van der Waals surface area contributed by atoms with E-state index >= 15 is 0 Å². The molecule has 0 spiro atoms. The number of carbonyl (C=O) groups excluding carboxylic acids is 1. The number of nitrogens with one attached hydrogen (secondary N) is 2. The van der Waals surface area contributed by atoms with Crippen molar-refractivity contribution in [2.45, 2.75) is 39.3 Å². The highest BCUT2D eigenvalue weighted by molar-refractivity contribution is 5.78. The van der Waals surface area contributed by atoms with Crippen LogP contribution in [0.15, 0.2) is 24.5 Å². The third-order valence-electron chi connectivity index (χ3n) is 2.79. The zero-order chi connectivity index (χ0) is 12.7. The molecule has 17 heavy (non-hydrogen) atoms. The lowest BCUT2D eigenvalue weighted by Gasteiger charge is -2.15. The van der Waals surface area contributed by atoms with Crippen molar-refractivity contribution in [1.29, 1.82) is 0 Å². The molecule has 2 N–H and O–H groups in total. The molecule has 2 atom stereocenters. The van der Waals surface area contributed by atoms with Gasteiger partial charge in [0.25, 0.3) is 0 Å². The number of nitrogens with zero attached hydrogens (tertiary/aromatic N) is 1. The Bertz CT molecular complexity index is 340. The number of hydrogen-bond donors (Lipinski definition) is 2. The first-order valence-electron chi connectivity index (χ1n) is 6.06. The number of aromatic nitrogens is 1. The van der Waals surface area contributed by atoms with E-state index in [0.717, 1.165) is 12.0 Å². The SMILES string of the molecule is CCC(C)NC(=O)CN[C@@H](C)c1ccncc1. The highest BCUT2D eigenvalue weighted by Crippen LogP contribution is 2.09. The molecular weight excluding hydrogens is 214 g/mol. The Kier molecular flexibility index (Phi) is 5.63. The van der Waals surface area contributed by atoms with Crippen molar-refractivity contribution in [1.82, 2.24) is 15.6 Å². The second-order valence-corrected chi connectivity index (χ2v) is 4.26. The number of carbonyl (C=O) groups is 1. The molecule has 0 saturated carbocycles. The third kappa shape index (κ3) is 4.95. The highest BCUT2D eigenvalue weighted by Gasteiger charge is 2.08. The Hall–Kier alpha value is -1.42. The summed E-state index contributed by atoms with van der Waals surface area (Å²) in [7, 11) is 0. The Morgan fingerprint density at radius 1 is 1.35 bits per heavy atom. The molecule has 0 aliphatic carbocycles. The van der Waals surface area contributed by atoms with E-state index in [1.165, 1.54) is 0 Å². The summed E-state index contributed by atoms with van der Waals surface area (Å²) in [6.45, 7) is 6.43. The first-order valence-corrected chi connectivity index (χ1v) is 6.06. The van der Waals surface area contributed by atoms with Gasteiger partial charge < -0.3 is 10.6 Å². The maximum Gasteiger partial charge on any atom is 0.234 e. The minimum Gasteiger partial charge on any atom is -0.353 e. The molecule has 0 aliphatic rings. The molecule has 1 aromatic rings. The average molecular weight is 235 g/mol. The second-order valence-electron chi connectivity index (χ2n) is 4.26. The van der Waals surface area contributed by atoms with E-state index in [4.69, 9.17) is 0 Å². The van der Waals surface area contributed by atoms with Gasteiger partial charge in [-0.25, -0.2) is 0 Å². The standard InChI is InChI=1S/C13H21N3O/c1-4-10(2)16-13(17)9-15-11(3)12-5-7-14-8-6-12/h5-8,10-11,15H,4,9H2,1-3H3,(H,16,17)/t10?,11-/m0/s1. The molecule has 1 rings (SSSR count). The molecule has 0 bridgehead atoms. The van der Waals surface area contributed by atoms with Gasteiger partial charge in [-0.1, -0.05) is 6.92 Å². The lowest BCUT2D eigenvalue weighted by atomic mass is 10.1. The van der Waals surface area contributed by atoms with Gasteiger partial charge in [0.05, 0.1) is 6.54 Å². The minimum absolute atomic E-state index is 0.0419. The first-order chi connectivity index (χ1) is 8.13. The van der Waals surface area contributed by atoms with Crippen molar-refractivity contribution < 1.29 is 4.79 Å². The van der Waals surface area contributed by atoms with Crippen LogP contribution in [0.3, 0.4) is 0 Å². The van der Waals surface area contributed by atoms with Gasteiger partial charge in [0.2, 0.25) is 5.91 Å². The summed E-state index contributed by atoms with van der Waals surface area (Å²) in [5.41, 5.74) is 1.14. The van der Waals surface area contributed by atoms with Crippen LogP contribution in [-0.4, -0.2) is 23.5 Å². The number of rotatable bonds is 6. The van der Waals surface area contributed by atoms with Gasteiger partial charge in [0.1, 0.15) is 0 Å². The van der Waals surface area contributed by atoms with Crippen LogP contribution in [0.2, 0.25) is 0 Å². The lowest BCUT2D eigenvalue weighted by Crippen LogP contribution is -2.39. The Morgan fingerprint density at radius 3 is 2.59 bits per heavy atom. The second kappa shape index (κ2) is 7.01. The quantitative estimate of drug-likeness (QED) is 0.788. The molecular formula is C13H21N3O. The predicted molar refractivity (Wildman–Crippen MR) is 68.6 cm³/mol. The Labute approximate surface area is 103 Å². The molecule has 94 valence electrons. The van der Waals surface area contributed by atoms with Crippen molar-refractivity contribution in [2.75, 3.05) is 6.54 Å². The van der Waals surface area contributed by atoms with E-state index in [1.807, 2.05) is 26.0 Å².